The molecule has 1 unspecified atom stereocenters. The second-order valence-corrected chi connectivity index (χ2v) is 7.81. The minimum absolute atomic E-state index is 0.0331. The van der Waals surface area contributed by atoms with Gasteiger partial charge in [-0.25, -0.2) is 0 Å². The molecule has 6 nitrogen and oxygen atoms in total. The van der Waals surface area contributed by atoms with E-state index < -0.39 is 11.7 Å². The summed E-state index contributed by atoms with van der Waals surface area (Å²) in [6.07, 6.45) is 9.37. The zero-order chi connectivity index (χ0) is 20.0. The van der Waals surface area contributed by atoms with Crippen LogP contribution in [0, 0.1) is 18.3 Å². The van der Waals surface area contributed by atoms with E-state index in [1.165, 1.54) is 0 Å². The van der Waals surface area contributed by atoms with E-state index in [0.717, 1.165) is 31.5 Å². The molecule has 2 aliphatic rings. The average Bonchev–Trinajstić information content (AvgIpc) is 3.50. The SMILES string of the molecule is C#CCCC1(CCC(=O)NC(C(=O)N2CCC(C)CC2)c2ccccc2)N=N1. The number of hydrogen-bond acceptors (Lipinski definition) is 4. The van der Waals surface area contributed by atoms with Crippen LogP contribution >= 0.6 is 0 Å². The van der Waals surface area contributed by atoms with Gasteiger partial charge in [0, 0.05) is 38.8 Å². The molecule has 0 radical (unpaired) electrons. The van der Waals surface area contributed by atoms with Crippen LogP contribution in [0.2, 0.25) is 0 Å². The van der Waals surface area contributed by atoms with Gasteiger partial charge in [-0.05, 0) is 24.3 Å². The molecule has 0 aliphatic carbocycles. The van der Waals surface area contributed by atoms with Gasteiger partial charge in [0.15, 0.2) is 5.66 Å². The van der Waals surface area contributed by atoms with E-state index in [1.54, 1.807) is 0 Å². The fourth-order valence-electron chi connectivity index (χ4n) is 3.56. The van der Waals surface area contributed by atoms with Gasteiger partial charge < -0.3 is 10.2 Å². The largest absolute Gasteiger partial charge is 0.341 e. The lowest BCUT2D eigenvalue weighted by Gasteiger charge is -2.33. The second kappa shape index (κ2) is 9.01. The fraction of sp³-hybridized carbons (Fsp3) is 0.545. The molecular formula is C22H28N4O2. The second-order valence-electron chi connectivity index (χ2n) is 7.81. The maximum absolute atomic E-state index is 13.1. The standard InChI is InChI=1S/C22H28N4O2/c1-3-4-13-22(24-25-22)14-10-19(27)23-20(18-8-6-5-7-9-18)21(28)26-15-11-17(2)12-16-26/h1,5-9,17,20H,4,10-16H2,2H3,(H,23,27). The van der Waals surface area contributed by atoms with Crippen LogP contribution in [0.1, 0.15) is 57.1 Å². The molecule has 1 N–H and O–H groups in total. The normalized spacial score (nSPS) is 18.9. The monoisotopic (exact) mass is 380 g/mol. The lowest BCUT2D eigenvalue weighted by molar-refractivity contribution is -0.137. The van der Waals surface area contributed by atoms with Crippen LogP contribution in [0.3, 0.4) is 0 Å². The molecule has 1 saturated heterocycles. The minimum atomic E-state index is -0.656. The minimum Gasteiger partial charge on any atom is -0.341 e. The summed E-state index contributed by atoms with van der Waals surface area (Å²) in [7, 11) is 0. The highest BCUT2D eigenvalue weighted by Gasteiger charge is 2.39. The summed E-state index contributed by atoms with van der Waals surface area (Å²) in [5.41, 5.74) is 0.321. The van der Waals surface area contributed by atoms with Gasteiger partial charge in [0.1, 0.15) is 6.04 Å². The number of benzene rings is 1. The summed E-state index contributed by atoms with van der Waals surface area (Å²) in [6, 6.07) is 8.79. The van der Waals surface area contributed by atoms with Gasteiger partial charge in [-0.15, -0.1) is 12.3 Å². The van der Waals surface area contributed by atoms with Crippen LogP contribution in [0.5, 0.6) is 0 Å². The Hall–Kier alpha value is -2.68. The van der Waals surface area contributed by atoms with Crippen LogP contribution in [0.4, 0.5) is 0 Å². The summed E-state index contributed by atoms with van der Waals surface area (Å²) in [5.74, 6) is 3.03. The first-order valence-corrected chi connectivity index (χ1v) is 10.0. The summed E-state index contributed by atoms with van der Waals surface area (Å²) in [6.45, 7) is 3.70. The highest BCUT2D eigenvalue weighted by molar-refractivity contribution is 5.88. The summed E-state index contributed by atoms with van der Waals surface area (Å²) in [5, 5.41) is 11.1. The van der Waals surface area contributed by atoms with Crippen molar-refractivity contribution >= 4 is 11.8 Å². The van der Waals surface area contributed by atoms with E-state index in [-0.39, 0.29) is 18.2 Å². The Bertz CT molecular complexity index is 754. The molecule has 28 heavy (non-hydrogen) atoms. The van der Waals surface area contributed by atoms with E-state index in [4.69, 9.17) is 6.42 Å². The fourth-order valence-corrected chi connectivity index (χ4v) is 3.56. The summed E-state index contributed by atoms with van der Waals surface area (Å²) in [4.78, 5) is 27.6. The number of nitrogens with one attached hydrogen (secondary N) is 1. The number of piperidine rings is 1. The number of amides is 2. The molecule has 148 valence electrons. The number of likely N-dealkylation sites (tertiary alicyclic amines) is 1. The van der Waals surface area contributed by atoms with Crippen molar-refractivity contribution in [3.05, 3.63) is 35.9 Å². The maximum atomic E-state index is 13.1. The third-order valence-corrected chi connectivity index (χ3v) is 5.59. The summed E-state index contributed by atoms with van der Waals surface area (Å²) >= 11 is 0. The van der Waals surface area contributed by atoms with Crippen LogP contribution in [0.25, 0.3) is 0 Å². The molecule has 3 rings (SSSR count). The van der Waals surface area contributed by atoms with Gasteiger partial charge in [-0.1, -0.05) is 37.3 Å². The van der Waals surface area contributed by atoms with Gasteiger partial charge in [-0.3, -0.25) is 9.59 Å². The lowest BCUT2D eigenvalue weighted by Crippen LogP contribution is -2.46. The Morgan fingerprint density at radius 1 is 1.25 bits per heavy atom. The Kier molecular flexibility index (Phi) is 6.45. The number of terminal acetylenes is 1. The van der Waals surface area contributed by atoms with E-state index in [1.807, 2.05) is 35.2 Å². The molecule has 0 saturated carbocycles. The van der Waals surface area contributed by atoms with Crippen LogP contribution in [-0.2, 0) is 9.59 Å². The van der Waals surface area contributed by atoms with Crippen LogP contribution in [0.15, 0.2) is 40.6 Å². The molecule has 2 heterocycles. The molecule has 1 atom stereocenters. The highest BCUT2D eigenvalue weighted by Crippen LogP contribution is 2.37. The first-order valence-electron chi connectivity index (χ1n) is 10.0. The van der Waals surface area contributed by atoms with Gasteiger partial charge in [0.2, 0.25) is 11.8 Å². The maximum Gasteiger partial charge on any atom is 0.249 e. The van der Waals surface area contributed by atoms with E-state index in [9.17, 15) is 9.59 Å². The Balaban J connectivity index is 1.62. The molecule has 1 fully saturated rings. The highest BCUT2D eigenvalue weighted by atomic mass is 16.2. The molecule has 0 spiro atoms. The predicted molar refractivity (Wildman–Crippen MR) is 107 cm³/mol. The topological polar surface area (TPSA) is 74.1 Å². The van der Waals surface area contributed by atoms with Crippen LogP contribution < -0.4 is 5.32 Å². The van der Waals surface area contributed by atoms with Crippen molar-refractivity contribution in [3.63, 3.8) is 0 Å². The average molecular weight is 380 g/mol. The lowest BCUT2D eigenvalue weighted by atomic mass is 9.97. The number of rotatable bonds is 8. The van der Waals surface area contributed by atoms with Crippen molar-refractivity contribution in [3.8, 4) is 12.3 Å². The number of hydrogen-bond donors (Lipinski definition) is 1. The van der Waals surface area contributed by atoms with Gasteiger partial charge in [0.25, 0.3) is 0 Å². The van der Waals surface area contributed by atoms with Crippen molar-refractivity contribution in [2.24, 2.45) is 16.1 Å². The van der Waals surface area contributed by atoms with Crippen molar-refractivity contribution in [1.29, 1.82) is 0 Å². The third-order valence-electron chi connectivity index (χ3n) is 5.59. The first-order chi connectivity index (χ1) is 13.5. The van der Waals surface area contributed by atoms with Crippen molar-refractivity contribution < 1.29 is 9.59 Å². The smallest absolute Gasteiger partial charge is 0.249 e. The number of carbonyl (C=O) groups is 2. The van der Waals surface area contributed by atoms with Crippen molar-refractivity contribution in [2.45, 2.75) is 57.2 Å². The molecule has 2 amide bonds. The molecule has 0 bridgehead atoms. The van der Waals surface area contributed by atoms with Gasteiger partial charge >= 0.3 is 0 Å². The zero-order valence-electron chi connectivity index (χ0n) is 16.4. The number of carbonyl (C=O) groups excluding carboxylic acids is 2. The van der Waals surface area contributed by atoms with Crippen molar-refractivity contribution in [2.75, 3.05) is 13.1 Å². The Morgan fingerprint density at radius 3 is 2.54 bits per heavy atom. The van der Waals surface area contributed by atoms with E-state index in [2.05, 4.69) is 28.4 Å². The Morgan fingerprint density at radius 2 is 1.93 bits per heavy atom. The number of nitrogens with zero attached hydrogens (tertiary/aromatic N) is 3. The van der Waals surface area contributed by atoms with Crippen molar-refractivity contribution in [1.82, 2.24) is 10.2 Å². The predicted octanol–water partition coefficient (Wildman–Crippen LogP) is 3.46. The molecule has 0 aromatic heterocycles. The zero-order valence-corrected chi connectivity index (χ0v) is 16.4. The van der Waals surface area contributed by atoms with E-state index >= 15 is 0 Å². The van der Waals surface area contributed by atoms with Gasteiger partial charge in [-0.2, -0.15) is 10.2 Å². The Labute approximate surface area is 166 Å². The van der Waals surface area contributed by atoms with Crippen LogP contribution in [-0.4, -0.2) is 35.5 Å². The molecule has 6 heteroatoms. The first kappa shape index (κ1) is 20.1. The quantitative estimate of drug-likeness (QED) is 0.702. The molecule has 1 aromatic rings. The molecule has 1 aromatic carbocycles. The molecular weight excluding hydrogens is 352 g/mol. The third kappa shape index (κ3) is 5.19. The van der Waals surface area contributed by atoms with E-state index in [0.29, 0.717) is 25.2 Å². The summed E-state index contributed by atoms with van der Waals surface area (Å²) < 4.78 is 0. The molecule has 2 aliphatic heterocycles. The van der Waals surface area contributed by atoms with Gasteiger partial charge in [0.05, 0.1) is 0 Å².